The zero-order valence-electron chi connectivity index (χ0n) is 11.1. The number of aromatic nitrogens is 1. The molecule has 4 rings (SSSR count). The van der Waals surface area contributed by atoms with Crippen molar-refractivity contribution in [2.75, 3.05) is 0 Å². The molecule has 0 saturated heterocycles. The quantitative estimate of drug-likeness (QED) is 0.683. The lowest BCUT2D eigenvalue weighted by Crippen LogP contribution is -2.10. The Balaban J connectivity index is 2.11. The zero-order chi connectivity index (χ0) is 13.5. The van der Waals surface area contributed by atoms with E-state index in [4.69, 9.17) is 0 Å². The summed E-state index contributed by atoms with van der Waals surface area (Å²) in [4.78, 5) is 12.4. The van der Waals surface area contributed by atoms with Gasteiger partial charge in [0.15, 0.2) is 5.43 Å². The summed E-state index contributed by atoms with van der Waals surface area (Å²) in [5.74, 6) is 0. The van der Waals surface area contributed by atoms with E-state index in [9.17, 15) is 4.79 Å². The van der Waals surface area contributed by atoms with Crippen molar-refractivity contribution in [2.24, 2.45) is 0 Å². The summed E-state index contributed by atoms with van der Waals surface area (Å²) in [6.07, 6.45) is 2.40. The van der Waals surface area contributed by atoms with Crippen molar-refractivity contribution in [3.8, 4) is 11.3 Å². The van der Waals surface area contributed by atoms with Crippen molar-refractivity contribution in [3.05, 3.63) is 70.9 Å². The summed E-state index contributed by atoms with van der Waals surface area (Å²) >= 11 is 0. The Kier molecular flexibility index (Phi) is 2.49. The van der Waals surface area contributed by atoms with Gasteiger partial charge >= 0.3 is 0 Å². The first-order valence-corrected chi connectivity index (χ1v) is 7.04. The van der Waals surface area contributed by atoms with E-state index >= 15 is 0 Å². The second kappa shape index (κ2) is 4.34. The predicted octanol–water partition coefficient (Wildman–Crippen LogP) is 4.00. The molecule has 0 unspecified atom stereocenters. The van der Waals surface area contributed by atoms with Crippen LogP contribution in [0.5, 0.6) is 0 Å². The highest BCUT2D eigenvalue weighted by Crippen LogP contribution is 2.40. The van der Waals surface area contributed by atoms with Gasteiger partial charge in [0.1, 0.15) is 0 Å². The Hall–Kier alpha value is -2.35. The molecule has 1 aliphatic carbocycles. The van der Waals surface area contributed by atoms with Crippen LogP contribution in [-0.2, 0) is 0 Å². The number of rotatable bonds is 2. The first-order valence-electron chi connectivity index (χ1n) is 7.04. The van der Waals surface area contributed by atoms with Gasteiger partial charge in [-0.05, 0) is 30.5 Å². The van der Waals surface area contributed by atoms with E-state index in [1.807, 2.05) is 36.4 Å². The Bertz CT molecular complexity index is 829. The second-order valence-corrected chi connectivity index (χ2v) is 5.38. The molecule has 0 radical (unpaired) electrons. The van der Waals surface area contributed by atoms with Gasteiger partial charge in [0.2, 0.25) is 0 Å². The van der Waals surface area contributed by atoms with Crippen LogP contribution in [-0.4, -0.2) is 4.57 Å². The molecule has 3 aromatic rings. The zero-order valence-corrected chi connectivity index (χ0v) is 11.1. The number of benzene rings is 2. The molecule has 2 aromatic carbocycles. The predicted molar refractivity (Wildman–Crippen MR) is 81.9 cm³/mol. The van der Waals surface area contributed by atoms with Gasteiger partial charge in [-0.25, -0.2) is 0 Å². The topological polar surface area (TPSA) is 22.0 Å². The molecule has 0 N–H and O–H groups in total. The Labute approximate surface area is 117 Å². The minimum Gasteiger partial charge on any atom is -0.337 e. The van der Waals surface area contributed by atoms with E-state index < -0.39 is 0 Å². The average molecular weight is 261 g/mol. The smallest absolute Gasteiger partial charge is 0.190 e. The third-order valence-electron chi connectivity index (χ3n) is 3.94. The van der Waals surface area contributed by atoms with Crippen LogP contribution < -0.4 is 5.43 Å². The van der Waals surface area contributed by atoms with Crippen LogP contribution in [0.3, 0.4) is 0 Å². The monoisotopic (exact) mass is 261 g/mol. The van der Waals surface area contributed by atoms with Crippen LogP contribution in [0.25, 0.3) is 22.2 Å². The van der Waals surface area contributed by atoms with E-state index in [1.165, 1.54) is 12.8 Å². The lowest BCUT2D eigenvalue weighted by Gasteiger charge is -2.16. The Morgan fingerprint density at radius 2 is 1.60 bits per heavy atom. The number of hydrogen-bond donors (Lipinski definition) is 0. The minimum absolute atomic E-state index is 0.108. The maximum atomic E-state index is 12.4. The third-order valence-corrected chi connectivity index (χ3v) is 3.94. The summed E-state index contributed by atoms with van der Waals surface area (Å²) in [6, 6.07) is 20.4. The molecule has 0 spiro atoms. The van der Waals surface area contributed by atoms with Crippen LogP contribution in [0.4, 0.5) is 0 Å². The third kappa shape index (κ3) is 1.76. The molecule has 0 amide bonds. The maximum Gasteiger partial charge on any atom is 0.190 e. The molecule has 0 aliphatic heterocycles. The Morgan fingerprint density at radius 1 is 0.900 bits per heavy atom. The minimum atomic E-state index is 0.108. The van der Waals surface area contributed by atoms with Crippen LogP contribution in [0.15, 0.2) is 65.5 Å². The molecule has 1 heterocycles. The van der Waals surface area contributed by atoms with Crippen LogP contribution in [0.1, 0.15) is 18.9 Å². The lowest BCUT2D eigenvalue weighted by molar-refractivity contribution is 0.775. The highest BCUT2D eigenvalue weighted by Gasteiger charge is 2.27. The first-order chi connectivity index (χ1) is 9.84. The largest absolute Gasteiger partial charge is 0.337 e. The summed E-state index contributed by atoms with van der Waals surface area (Å²) in [5.41, 5.74) is 3.32. The van der Waals surface area contributed by atoms with Crippen molar-refractivity contribution in [1.82, 2.24) is 4.57 Å². The van der Waals surface area contributed by atoms with Crippen LogP contribution in [0, 0.1) is 0 Å². The van der Waals surface area contributed by atoms with Gasteiger partial charge < -0.3 is 4.57 Å². The van der Waals surface area contributed by atoms with Crippen molar-refractivity contribution in [3.63, 3.8) is 0 Å². The highest BCUT2D eigenvalue weighted by atomic mass is 16.1. The maximum absolute atomic E-state index is 12.4. The fourth-order valence-corrected chi connectivity index (χ4v) is 2.85. The molecule has 1 aromatic heterocycles. The molecule has 20 heavy (non-hydrogen) atoms. The van der Waals surface area contributed by atoms with Crippen molar-refractivity contribution < 1.29 is 0 Å². The first kappa shape index (κ1) is 11.5. The van der Waals surface area contributed by atoms with Gasteiger partial charge in [0.05, 0.1) is 11.2 Å². The van der Waals surface area contributed by atoms with E-state index in [1.54, 1.807) is 6.07 Å². The molecule has 0 atom stereocenters. The summed E-state index contributed by atoms with van der Waals surface area (Å²) in [5, 5.41) is 0.819. The standard InChI is InChI=1S/C18H15NO/c20-18-12-17(13-6-2-1-3-7-13)19(14-10-11-14)16-9-5-4-8-15(16)18/h1-9,12,14H,10-11H2. The van der Waals surface area contributed by atoms with Gasteiger partial charge in [-0.3, -0.25) is 4.79 Å². The summed E-state index contributed by atoms with van der Waals surface area (Å²) < 4.78 is 2.34. The van der Waals surface area contributed by atoms with Crippen LogP contribution >= 0.6 is 0 Å². The fraction of sp³-hybridized carbons (Fsp3) is 0.167. The van der Waals surface area contributed by atoms with Crippen molar-refractivity contribution in [1.29, 1.82) is 0 Å². The summed E-state index contributed by atoms with van der Waals surface area (Å²) in [7, 11) is 0. The number of pyridine rings is 1. The van der Waals surface area contributed by atoms with E-state index in [-0.39, 0.29) is 5.43 Å². The average Bonchev–Trinajstić information content (AvgIpc) is 3.33. The molecule has 2 heteroatoms. The molecule has 98 valence electrons. The molecule has 1 aliphatic rings. The van der Waals surface area contributed by atoms with Crippen molar-refractivity contribution >= 4 is 10.9 Å². The highest BCUT2D eigenvalue weighted by molar-refractivity contribution is 5.82. The Morgan fingerprint density at radius 3 is 2.35 bits per heavy atom. The number of hydrogen-bond acceptors (Lipinski definition) is 1. The number of fused-ring (bicyclic) bond motifs is 1. The molecular formula is C18H15NO. The van der Waals surface area contributed by atoms with E-state index in [2.05, 4.69) is 22.8 Å². The van der Waals surface area contributed by atoms with Gasteiger partial charge in [0.25, 0.3) is 0 Å². The van der Waals surface area contributed by atoms with E-state index in [0.717, 1.165) is 22.2 Å². The van der Waals surface area contributed by atoms with Gasteiger partial charge in [-0.1, -0.05) is 42.5 Å². The molecular weight excluding hydrogens is 246 g/mol. The van der Waals surface area contributed by atoms with E-state index in [0.29, 0.717) is 6.04 Å². The molecule has 0 bridgehead atoms. The lowest BCUT2D eigenvalue weighted by atomic mass is 10.1. The number of nitrogens with zero attached hydrogens (tertiary/aromatic N) is 1. The van der Waals surface area contributed by atoms with Gasteiger partial charge in [-0.15, -0.1) is 0 Å². The molecule has 2 nitrogen and oxygen atoms in total. The SMILES string of the molecule is O=c1cc(-c2ccccc2)n(C2CC2)c2ccccc12. The van der Waals surface area contributed by atoms with Gasteiger partial charge in [-0.2, -0.15) is 0 Å². The summed E-state index contributed by atoms with van der Waals surface area (Å²) in [6.45, 7) is 0. The fourth-order valence-electron chi connectivity index (χ4n) is 2.85. The number of para-hydroxylation sites is 1. The van der Waals surface area contributed by atoms with Gasteiger partial charge in [0, 0.05) is 17.5 Å². The van der Waals surface area contributed by atoms with Crippen molar-refractivity contribution in [2.45, 2.75) is 18.9 Å². The normalized spacial score (nSPS) is 14.6. The van der Waals surface area contributed by atoms with Crippen LogP contribution in [0.2, 0.25) is 0 Å². The molecule has 1 saturated carbocycles. The molecule has 1 fully saturated rings. The second-order valence-electron chi connectivity index (χ2n) is 5.38.